The number of aryl methyl sites for hydroxylation is 1. The van der Waals surface area contributed by atoms with Crippen LogP contribution in [-0.2, 0) is 13.0 Å². The minimum absolute atomic E-state index is 0.203. The van der Waals surface area contributed by atoms with E-state index in [0.29, 0.717) is 6.54 Å². The number of thiazole rings is 1. The van der Waals surface area contributed by atoms with Crippen LogP contribution in [0, 0.1) is 6.92 Å². The fourth-order valence-electron chi connectivity index (χ4n) is 2.08. The number of aliphatic hydroxyl groups is 1. The normalized spacial score (nSPS) is 11.1. The fraction of sp³-hybridized carbons (Fsp3) is 0.400. The summed E-state index contributed by atoms with van der Waals surface area (Å²) >= 11 is 1.72. The summed E-state index contributed by atoms with van der Waals surface area (Å²) in [5.74, 6) is 0. The molecule has 3 nitrogen and oxygen atoms in total. The maximum atomic E-state index is 9.18. The summed E-state index contributed by atoms with van der Waals surface area (Å²) in [6, 6.07) is 10.4. The molecule has 1 heterocycles. The Labute approximate surface area is 118 Å². The molecule has 0 aliphatic heterocycles. The second kappa shape index (κ2) is 7.38. The molecule has 2 rings (SSSR count). The van der Waals surface area contributed by atoms with Crippen molar-refractivity contribution in [2.24, 2.45) is 0 Å². The molecule has 1 aromatic heterocycles. The van der Waals surface area contributed by atoms with Gasteiger partial charge in [0.2, 0.25) is 0 Å². The van der Waals surface area contributed by atoms with Crippen molar-refractivity contribution in [1.82, 2.24) is 9.88 Å². The van der Waals surface area contributed by atoms with Gasteiger partial charge in [0.25, 0.3) is 0 Å². The maximum Gasteiger partial charge on any atom is 0.0797 e. The maximum absolute atomic E-state index is 9.18. The van der Waals surface area contributed by atoms with Crippen LogP contribution in [-0.4, -0.2) is 34.7 Å². The molecule has 0 bridgehead atoms. The van der Waals surface area contributed by atoms with Crippen molar-refractivity contribution in [3.63, 3.8) is 0 Å². The number of aromatic nitrogens is 1. The van der Waals surface area contributed by atoms with E-state index in [4.69, 9.17) is 0 Å². The Morgan fingerprint density at radius 1 is 1.21 bits per heavy atom. The summed E-state index contributed by atoms with van der Waals surface area (Å²) in [5, 5.41) is 9.18. The molecule has 0 spiro atoms. The minimum Gasteiger partial charge on any atom is -0.395 e. The zero-order chi connectivity index (χ0) is 13.5. The molecule has 1 aromatic carbocycles. The number of benzene rings is 1. The SMILES string of the molecule is Cc1ncsc1CCN(CCO)Cc1ccccc1. The smallest absolute Gasteiger partial charge is 0.0797 e. The van der Waals surface area contributed by atoms with Gasteiger partial charge in [0.05, 0.1) is 17.8 Å². The van der Waals surface area contributed by atoms with Crippen LogP contribution in [0.15, 0.2) is 35.8 Å². The third-order valence-corrected chi connectivity index (χ3v) is 4.16. The van der Waals surface area contributed by atoms with E-state index in [0.717, 1.165) is 25.2 Å². The first kappa shape index (κ1) is 14.2. The highest BCUT2D eigenvalue weighted by molar-refractivity contribution is 7.09. The van der Waals surface area contributed by atoms with Gasteiger partial charge in [0, 0.05) is 24.5 Å². The predicted octanol–water partition coefficient (Wildman–Crippen LogP) is 2.49. The molecule has 0 radical (unpaired) electrons. The van der Waals surface area contributed by atoms with Crippen LogP contribution in [0.1, 0.15) is 16.1 Å². The second-order valence-corrected chi connectivity index (χ2v) is 5.54. The molecule has 4 heteroatoms. The first-order valence-corrected chi connectivity index (χ1v) is 7.43. The molecule has 0 amide bonds. The summed E-state index contributed by atoms with van der Waals surface area (Å²) in [6.45, 7) is 4.82. The summed E-state index contributed by atoms with van der Waals surface area (Å²) in [4.78, 5) is 7.90. The van der Waals surface area contributed by atoms with Crippen molar-refractivity contribution >= 4 is 11.3 Å². The molecule has 0 aliphatic carbocycles. The molecule has 0 atom stereocenters. The topological polar surface area (TPSA) is 36.4 Å². The highest BCUT2D eigenvalue weighted by atomic mass is 32.1. The highest BCUT2D eigenvalue weighted by Crippen LogP contribution is 2.14. The fourth-order valence-corrected chi connectivity index (χ4v) is 2.85. The zero-order valence-corrected chi connectivity index (χ0v) is 12.1. The Hall–Kier alpha value is -1.23. The van der Waals surface area contributed by atoms with Gasteiger partial charge in [-0.25, -0.2) is 4.98 Å². The van der Waals surface area contributed by atoms with Crippen LogP contribution >= 0.6 is 11.3 Å². The molecule has 1 N–H and O–H groups in total. The average molecular weight is 276 g/mol. The summed E-state index contributed by atoms with van der Waals surface area (Å²) < 4.78 is 0. The van der Waals surface area contributed by atoms with E-state index in [2.05, 4.69) is 41.1 Å². The quantitative estimate of drug-likeness (QED) is 0.844. The number of aliphatic hydroxyl groups excluding tert-OH is 1. The molecule has 0 saturated heterocycles. The van der Waals surface area contributed by atoms with Gasteiger partial charge in [0.15, 0.2) is 0 Å². The van der Waals surface area contributed by atoms with Gasteiger partial charge < -0.3 is 5.11 Å². The summed E-state index contributed by atoms with van der Waals surface area (Å²) in [5.41, 5.74) is 4.32. The molecule has 19 heavy (non-hydrogen) atoms. The first-order valence-electron chi connectivity index (χ1n) is 6.55. The molecule has 0 fully saturated rings. The molecular weight excluding hydrogens is 256 g/mol. The van der Waals surface area contributed by atoms with Gasteiger partial charge in [-0.1, -0.05) is 30.3 Å². The molecule has 2 aromatic rings. The van der Waals surface area contributed by atoms with Crippen molar-refractivity contribution in [2.75, 3.05) is 19.7 Å². The monoisotopic (exact) mass is 276 g/mol. The lowest BCUT2D eigenvalue weighted by atomic mass is 10.2. The Morgan fingerprint density at radius 2 is 2.00 bits per heavy atom. The molecule has 0 unspecified atom stereocenters. The van der Waals surface area contributed by atoms with Crippen LogP contribution in [0.25, 0.3) is 0 Å². The van der Waals surface area contributed by atoms with E-state index in [1.165, 1.54) is 10.4 Å². The van der Waals surface area contributed by atoms with E-state index in [1.54, 1.807) is 11.3 Å². The van der Waals surface area contributed by atoms with E-state index in [9.17, 15) is 5.11 Å². The lowest BCUT2D eigenvalue weighted by molar-refractivity contribution is 0.192. The van der Waals surface area contributed by atoms with Gasteiger partial charge in [-0.2, -0.15) is 0 Å². The molecule has 0 aliphatic rings. The number of nitrogens with zero attached hydrogens (tertiary/aromatic N) is 2. The van der Waals surface area contributed by atoms with Crippen LogP contribution < -0.4 is 0 Å². The number of hydrogen-bond donors (Lipinski definition) is 1. The van der Waals surface area contributed by atoms with Crippen molar-refractivity contribution in [1.29, 1.82) is 0 Å². The lowest BCUT2D eigenvalue weighted by Crippen LogP contribution is -2.28. The first-order chi connectivity index (χ1) is 9.29. The summed E-state index contributed by atoms with van der Waals surface area (Å²) in [6.07, 6.45) is 1.00. The van der Waals surface area contributed by atoms with E-state index < -0.39 is 0 Å². The standard InChI is InChI=1S/C15H20N2OS/c1-13-15(19-12-16-13)7-8-17(9-10-18)11-14-5-3-2-4-6-14/h2-6,12,18H,7-11H2,1H3. The third kappa shape index (κ3) is 4.42. The largest absolute Gasteiger partial charge is 0.395 e. The van der Waals surface area contributed by atoms with Crippen LogP contribution in [0.3, 0.4) is 0 Å². The minimum atomic E-state index is 0.203. The van der Waals surface area contributed by atoms with Crippen molar-refractivity contribution in [2.45, 2.75) is 19.9 Å². The van der Waals surface area contributed by atoms with Crippen molar-refractivity contribution in [3.05, 3.63) is 52.0 Å². The molecular formula is C15H20N2OS. The van der Waals surface area contributed by atoms with Crippen LogP contribution in [0.2, 0.25) is 0 Å². The Bertz CT molecular complexity index is 484. The van der Waals surface area contributed by atoms with Crippen molar-refractivity contribution in [3.8, 4) is 0 Å². The number of hydrogen-bond acceptors (Lipinski definition) is 4. The second-order valence-electron chi connectivity index (χ2n) is 4.60. The molecule has 0 saturated carbocycles. The van der Waals surface area contributed by atoms with Gasteiger partial charge in [0.1, 0.15) is 0 Å². The highest BCUT2D eigenvalue weighted by Gasteiger charge is 2.08. The number of rotatable bonds is 7. The van der Waals surface area contributed by atoms with Gasteiger partial charge in [-0.15, -0.1) is 11.3 Å². The molecule has 102 valence electrons. The Kier molecular flexibility index (Phi) is 5.51. The lowest BCUT2D eigenvalue weighted by Gasteiger charge is -2.21. The predicted molar refractivity (Wildman–Crippen MR) is 79.4 cm³/mol. The van der Waals surface area contributed by atoms with Gasteiger partial charge in [-0.3, -0.25) is 4.90 Å². The van der Waals surface area contributed by atoms with Crippen molar-refractivity contribution < 1.29 is 5.11 Å². The zero-order valence-electron chi connectivity index (χ0n) is 11.2. The Morgan fingerprint density at radius 3 is 2.63 bits per heavy atom. The van der Waals surface area contributed by atoms with Crippen LogP contribution in [0.4, 0.5) is 0 Å². The Balaban J connectivity index is 1.91. The van der Waals surface area contributed by atoms with Gasteiger partial charge >= 0.3 is 0 Å². The van der Waals surface area contributed by atoms with E-state index >= 15 is 0 Å². The van der Waals surface area contributed by atoms with Gasteiger partial charge in [-0.05, 0) is 18.9 Å². The third-order valence-electron chi connectivity index (χ3n) is 3.17. The average Bonchev–Trinajstić information content (AvgIpc) is 2.83. The van der Waals surface area contributed by atoms with E-state index in [1.807, 2.05) is 11.6 Å². The van der Waals surface area contributed by atoms with Crippen LogP contribution in [0.5, 0.6) is 0 Å². The van der Waals surface area contributed by atoms with E-state index in [-0.39, 0.29) is 6.61 Å². The summed E-state index contributed by atoms with van der Waals surface area (Å²) in [7, 11) is 0.